The minimum Gasteiger partial charge on any atom is -0.405 e. The van der Waals surface area contributed by atoms with Crippen LogP contribution in [0.15, 0.2) is 24.3 Å². The molecule has 1 N–H and O–H groups in total. The molecule has 1 saturated heterocycles. The van der Waals surface area contributed by atoms with Crippen molar-refractivity contribution < 1.29 is 22.6 Å². The number of hydrogen-bond donors (Lipinski definition) is 1. The number of halogens is 3. The molecule has 2 rings (SSSR count). The van der Waals surface area contributed by atoms with Gasteiger partial charge in [0.1, 0.15) is 5.75 Å². The molecule has 6 heteroatoms. The molecule has 0 spiro atoms. The monoisotopic (exact) mass is 303 g/mol. The first-order valence-electron chi connectivity index (χ1n) is 7.21. The van der Waals surface area contributed by atoms with Crippen molar-refractivity contribution in [2.75, 3.05) is 13.2 Å². The predicted molar refractivity (Wildman–Crippen MR) is 73.1 cm³/mol. The van der Waals surface area contributed by atoms with E-state index >= 15 is 0 Å². The summed E-state index contributed by atoms with van der Waals surface area (Å²) in [5, 5.41) is 3.22. The maximum atomic E-state index is 12.5. The standard InChI is InChI=1S/C15H20F3NO2/c1-2-19-14(13-9-5-6-10-20-13)11-7-3-4-8-12(11)21-15(16,17)18/h3-4,7-8,13-14,19H,2,5-6,9-10H2,1H3. The highest BCUT2D eigenvalue weighted by Crippen LogP contribution is 2.34. The highest BCUT2D eigenvalue weighted by atomic mass is 19.4. The van der Waals surface area contributed by atoms with E-state index in [1.54, 1.807) is 12.1 Å². The van der Waals surface area contributed by atoms with Gasteiger partial charge in [0.15, 0.2) is 0 Å². The minimum absolute atomic E-state index is 0.128. The van der Waals surface area contributed by atoms with Crippen LogP contribution in [0.25, 0.3) is 0 Å². The zero-order valence-corrected chi connectivity index (χ0v) is 12.0. The Hall–Kier alpha value is -1.27. The maximum Gasteiger partial charge on any atom is 0.573 e. The van der Waals surface area contributed by atoms with Gasteiger partial charge in [-0.25, -0.2) is 0 Å². The zero-order chi connectivity index (χ0) is 15.3. The largest absolute Gasteiger partial charge is 0.573 e. The van der Waals surface area contributed by atoms with E-state index < -0.39 is 6.36 Å². The molecule has 1 aliphatic rings. The lowest BCUT2D eigenvalue weighted by Crippen LogP contribution is -2.36. The Bertz CT molecular complexity index is 445. The van der Waals surface area contributed by atoms with Crippen LogP contribution in [0.1, 0.15) is 37.8 Å². The van der Waals surface area contributed by atoms with Gasteiger partial charge in [0.05, 0.1) is 12.1 Å². The fourth-order valence-corrected chi connectivity index (χ4v) is 2.65. The Labute approximate surface area is 122 Å². The Morgan fingerprint density at radius 2 is 2.10 bits per heavy atom. The molecule has 1 heterocycles. The van der Waals surface area contributed by atoms with E-state index in [1.165, 1.54) is 12.1 Å². The van der Waals surface area contributed by atoms with Crippen molar-refractivity contribution in [2.24, 2.45) is 0 Å². The van der Waals surface area contributed by atoms with Crippen LogP contribution in [0.4, 0.5) is 13.2 Å². The molecule has 1 aromatic carbocycles. The molecule has 0 bridgehead atoms. The molecule has 2 unspecified atom stereocenters. The molecule has 0 radical (unpaired) electrons. The highest BCUT2D eigenvalue weighted by molar-refractivity contribution is 5.37. The summed E-state index contributed by atoms with van der Waals surface area (Å²) < 4.78 is 47.5. The molecule has 3 nitrogen and oxygen atoms in total. The van der Waals surface area contributed by atoms with E-state index in [9.17, 15) is 13.2 Å². The van der Waals surface area contributed by atoms with Crippen LogP contribution in [-0.4, -0.2) is 25.6 Å². The summed E-state index contributed by atoms with van der Waals surface area (Å²) in [6.07, 6.45) is -1.97. The molecule has 0 aromatic heterocycles. The molecule has 118 valence electrons. The second-order valence-corrected chi connectivity index (χ2v) is 5.03. The predicted octanol–water partition coefficient (Wildman–Crippen LogP) is 3.80. The van der Waals surface area contributed by atoms with Gasteiger partial charge in [-0.3, -0.25) is 0 Å². The van der Waals surface area contributed by atoms with E-state index in [-0.39, 0.29) is 17.9 Å². The van der Waals surface area contributed by atoms with Crippen LogP contribution < -0.4 is 10.1 Å². The van der Waals surface area contributed by atoms with Crippen molar-refractivity contribution in [3.8, 4) is 5.75 Å². The summed E-state index contributed by atoms with van der Waals surface area (Å²) in [6, 6.07) is 5.96. The van der Waals surface area contributed by atoms with E-state index in [2.05, 4.69) is 10.1 Å². The van der Waals surface area contributed by atoms with Crippen molar-refractivity contribution in [2.45, 2.75) is 44.7 Å². The molecule has 1 aromatic rings. The summed E-state index contributed by atoms with van der Waals surface area (Å²) >= 11 is 0. The van der Waals surface area contributed by atoms with Crippen LogP contribution in [-0.2, 0) is 4.74 Å². The highest BCUT2D eigenvalue weighted by Gasteiger charge is 2.34. The SMILES string of the molecule is CCNC(c1ccccc1OC(F)(F)F)C1CCCCO1. The van der Waals surface area contributed by atoms with Crippen LogP contribution in [0.3, 0.4) is 0 Å². The number of hydrogen-bond acceptors (Lipinski definition) is 3. The lowest BCUT2D eigenvalue weighted by atomic mass is 9.95. The van der Waals surface area contributed by atoms with E-state index in [1.807, 2.05) is 6.92 Å². The number of nitrogens with one attached hydrogen (secondary N) is 1. The third-order valence-electron chi connectivity index (χ3n) is 3.49. The fourth-order valence-electron chi connectivity index (χ4n) is 2.65. The van der Waals surface area contributed by atoms with Gasteiger partial charge in [0.25, 0.3) is 0 Å². The smallest absolute Gasteiger partial charge is 0.405 e. The molecular formula is C15H20F3NO2. The van der Waals surface area contributed by atoms with Crippen molar-refractivity contribution in [1.29, 1.82) is 0 Å². The first-order chi connectivity index (χ1) is 10.0. The maximum absolute atomic E-state index is 12.5. The quantitative estimate of drug-likeness (QED) is 0.897. The number of likely N-dealkylation sites (N-methyl/N-ethyl adjacent to an activating group) is 1. The van der Waals surface area contributed by atoms with Gasteiger partial charge in [0, 0.05) is 12.2 Å². The summed E-state index contributed by atoms with van der Waals surface area (Å²) in [5.41, 5.74) is 0.489. The van der Waals surface area contributed by atoms with E-state index in [4.69, 9.17) is 4.74 Å². The third kappa shape index (κ3) is 4.61. The van der Waals surface area contributed by atoms with Crippen LogP contribution in [0.2, 0.25) is 0 Å². The van der Waals surface area contributed by atoms with E-state index in [0.29, 0.717) is 18.7 Å². The Balaban J connectivity index is 2.26. The topological polar surface area (TPSA) is 30.5 Å². The fraction of sp³-hybridized carbons (Fsp3) is 0.600. The Morgan fingerprint density at radius 1 is 1.33 bits per heavy atom. The minimum atomic E-state index is -4.69. The molecule has 21 heavy (non-hydrogen) atoms. The molecule has 0 amide bonds. The number of benzene rings is 1. The Kier molecular flexibility index (Phi) is 5.47. The second kappa shape index (κ2) is 7.13. The molecule has 0 saturated carbocycles. The third-order valence-corrected chi connectivity index (χ3v) is 3.49. The van der Waals surface area contributed by atoms with Gasteiger partial charge >= 0.3 is 6.36 Å². The Morgan fingerprint density at radius 3 is 2.71 bits per heavy atom. The first kappa shape index (κ1) is 16.1. The molecule has 2 atom stereocenters. The summed E-state index contributed by atoms with van der Waals surface area (Å²) in [7, 11) is 0. The van der Waals surface area contributed by atoms with Gasteiger partial charge < -0.3 is 14.8 Å². The van der Waals surface area contributed by atoms with Crippen molar-refractivity contribution in [3.63, 3.8) is 0 Å². The zero-order valence-electron chi connectivity index (χ0n) is 12.0. The van der Waals surface area contributed by atoms with Gasteiger partial charge in [-0.15, -0.1) is 13.2 Å². The second-order valence-electron chi connectivity index (χ2n) is 5.03. The van der Waals surface area contributed by atoms with Gasteiger partial charge in [0.2, 0.25) is 0 Å². The van der Waals surface area contributed by atoms with Crippen LogP contribution in [0.5, 0.6) is 5.75 Å². The van der Waals surface area contributed by atoms with Crippen molar-refractivity contribution >= 4 is 0 Å². The summed E-state index contributed by atoms with van der Waals surface area (Å²) in [6.45, 7) is 3.21. The van der Waals surface area contributed by atoms with E-state index in [0.717, 1.165) is 19.3 Å². The average Bonchev–Trinajstić information content (AvgIpc) is 2.45. The molecule has 1 aliphatic heterocycles. The van der Waals surface area contributed by atoms with Gasteiger partial charge in [-0.05, 0) is 31.9 Å². The van der Waals surface area contributed by atoms with Crippen LogP contribution >= 0.6 is 0 Å². The van der Waals surface area contributed by atoms with Crippen molar-refractivity contribution in [1.82, 2.24) is 5.32 Å². The number of rotatable bonds is 5. The number of alkyl halides is 3. The number of para-hydroxylation sites is 1. The normalized spacial score (nSPS) is 21.0. The lowest BCUT2D eigenvalue weighted by molar-refractivity contribution is -0.275. The summed E-state index contributed by atoms with van der Waals surface area (Å²) in [4.78, 5) is 0. The van der Waals surface area contributed by atoms with Gasteiger partial charge in [-0.2, -0.15) is 0 Å². The lowest BCUT2D eigenvalue weighted by Gasteiger charge is -2.32. The number of ether oxygens (including phenoxy) is 2. The molecule has 0 aliphatic carbocycles. The molecular weight excluding hydrogens is 283 g/mol. The average molecular weight is 303 g/mol. The van der Waals surface area contributed by atoms with Gasteiger partial charge in [-0.1, -0.05) is 25.1 Å². The van der Waals surface area contributed by atoms with Crippen molar-refractivity contribution in [3.05, 3.63) is 29.8 Å². The molecule has 1 fully saturated rings. The summed E-state index contributed by atoms with van der Waals surface area (Å²) in [5.74, 6) is -0.162. The van der Waals surface area contributed by atoms with Crippen LogP contribution in [0, 0.1) is 0 Å². The first-order valence-corrected chi connectivity index (χ1v) is 7.21.